The summed E-state index contributed by atoms with van der Waals surface area (Å²) in [6.07, 6.45) is 5.35. The molecule has 68 valence electrons. The van der Waals surface area contributed by atoms with Gasteiger partial charge in [-0.2, -0.15) is 0 Å². The summed E-state index contributed by atoms with van der Waals surface area (Å²) in [6, 6.07) is 1.97. The predicted octanol–water partition coefficient (Wildman–Crippen LogP) is 1.60. The zero-order valence-corrected chi connectivity index (χ0v) is 7.58. The normalized spacial score (nSPS) is 21.6. The molecule has 3 heteroatoms. The number of nitrogens with zero attached hydrogens (tertiary/aromatic N) is 1. The molecular formula is C10H12N2O. The molecule has 0 aromatic carbocycles. The van der Waals surface area contributed by atoms with Crippen LogP contribution in [0, 0.1) is 5.92 Å². The van der Waals surface area contributed by atoms with Gasteiger partial charge in [-0.3, -0.25) is 9.78 Å². The molecule has 0 saturated heterocycles. The number of aromatic nitrogens is 1. The summed E-state index contributed by atoms with van der Waals surface area (Å²) in [5, 5.41) is 2.87. The molecule has 1 aromatic rings. The fraction of sp³-hybridized carbons (Fsp3) is 0.400. The highest BCUT2D eigenvalue weighted by Crippen LogP contribution is 2.22. The van der Waals surface area contributed by atoms with E-state index in [2.05, 4.69) is 10.3 Å². The lowest BCUT2D eigenvalue weighted by molar-refractivity contribution is -0.119. The predicted molar refractivity (Wildman–Crippen MR) is 50.4 cm³/mol. The van der Waals surface area contributed by atoms with Crippen LogP contribution in [0.4, 0.5) is 5.69 Å². The molecule has 13 heavy (non-hydrogen) atoms. The van der Waals surface area contributed by atoms with Crippen LogP contribution in [-0.4, -0.2) is 10.9 Å². The van der Waals surface area contributed by atoms with Crippen molar-refractivity contribution in [3.63, 3.8) is 0 Å². The van der Waals surface area contributed by atoms with Crippen LogP contribution in [0.15, 0.2) is 18.5 Å². The molecule has 1 amide bonds. The monoisotopic (exact) mass is 176 g/mol. The Kier molecular flexibility index (Phi) is 2.00. The van der Waals surface area contributed by atoms with Crippen molar-refractivity contribution in [2.45, 2.75) is 19.8 Å². The number of hydrogen-bond donors (Lipinski definition) is 1. The average Bonchev–Trinajstić information content (AvgIpc) is 2.28. The van der Waals surface area contributed by atoms with Crippen molar-refractivity contribution in [3.05, 3.63) is 24.0 Å². The van der Waals surface area contributed by atoms with E-state index in [4.69, 9.17) is 0 Å². The van der Waals surface area contributed by atoms with E-state index in [9.17, 15) is 4.79 Å². The molecule has 0 saturated carbocycles. The molecule has 0 radical (unpaired) electrons. The van der Waals surface area contributed by atoms with E-state index in [1.54, 1.807) is 12.4 Å². The molecule has 2 rings (SSSR count). The zero-order chi connectivity index (χ0) is 9.26. The highest BCUT2D eigenvalue weighted by Gasteiger charge is 2.18. The number of fused-ring (bicyclic) bond motifs is 1. The lowest BCUT2D eigenvalue weighted by Gasteiger charge is -2.05. The third kappa shape index (κ3) is 1.54. The molecule has 0 fully saturated rings. The second-order valence-corrected chi connectivity index (χ2v) is 3.46. The van der Waals surface area contributed by atoms with Crippen molar-refractivity contribution in [2.24, 2.45) is 5.92 Å². The Balaban J connectivity index is 2.35. The molecule has 3 nitrogen and oxygen atoms in total. The Hall–Kier alpha value is -1.38. The van der Waals surface area contributed by atoms with Gasteiger partial charge in [0.25, 0.3) is 0 Å². The Morgan fingerprint density at radius 3 is 3.31 bits per heavy atom. The summed E-state index contributed by atoms with van der Waals surface area (Å²) in [7, 11) is 0. The first-order valence-corrected chi connectivity index (χ1v) is 4.51. The van der Waals surface area contributed by atoms with E-state index >= 15 is 0 Å². The van der Waals surface area contributed by atoms with Gasteiger partial charge in [-0.1, -0.05) is 6.92 Å². The molecule has 0 spiro atoms. The summed E-state index contributed by atoms with van der Waals surface area (Å²) < 4.78 is 0. The van der Waals surface area contributed by atoms with Crippen molar-refractivity contribution in [2.75, 3.05) is 5.32 Å². The van der Waals surface area contributed by atoms with Crippen molar-refractivity contribution in [1.82, 2.24) is 4.98 Å². The van der Waals surface area contributed by atoms with Gasteiger partial charge in [0.15, 0.2) is 0 Å². The van der Waals surface area contributed by atoms with Crippen LogP contribution in [0.25, 0.3) is 0 Å². The van der Waals surface area contributed by atoms with Crippen LogP contribution in [-0.2, 0) is 11.2 Å². The van der Waals surface area contributed by atoms with Gasteiger partial charge < -0.3 is 5.32 Å². The van der Waals surface area contributed by atoms with Crippen LogP contribution in [0.2, 0.25) is 0 Å². The molecular weight excluding hydrogens is 164 g/mol. The van der Waals surface area contributed by atoms with Gasteiger partial charge in [-0.25, -0.2) is 0 Å². The van der Waals surface area contributed by atoms with Gasteiger partial charge in [-0.05, 0) is 24.5 Å². The minimum atomic E-state index is 0.103. The first-order chi connectivity index (χ1) is 6.27. The average molecular weight is 176 g/mol. The second kappa shape index (κ2) is 3.17. The van der Waals surface area contributed by atoms with Crippen molar-refractivity contribution < 1.29 is 4.79 Å². The number of carbonyl (C=O) groups is 1. The molecule has 2 heterocycles. The molecule has 1 atom stereocenters. The highest BCUT2D eigenvalue weighted by molar-refractivity contribution is 5.93. The number of nitrogens with one attached hydrogen (secondary N) is 1. The van der Waals surface area contributed by atoms with Gasteiger partial charge in [0.2, 0.25) is 5.91 Å². The van der Waals surface area contributed by atoms with Gasteiger partial charge in [-0.15, -0.1) is 0 Å². The van der Waals surface area contributed by atoms with Crippen LogP contribution < -0.4 is 5.32 Å². The summed E-state index contributed by atoms with van der Waals surface area (Å²) in [5.41, 5.74) is 2.06. The Bertz CT molecular complexity index is 335. The lowest BCUT2D eigenvalue weighted by Crippen LogP contribution is -2.18. The van der Waals surface area contributed by atoms with E-state index in [1.807, 2.05) is 13.0 Å². The summed E-state index contributed by atoms with van der Waals surface area (Å²) in [4.78, 5) is 15.4. The topological polar surface area (TPSA) is 42.0 Å². The second-order valence-electron chi connectivity index (χ2n) is 3.46. The summed E-state index contributed by atoms with van der Waals surface area (Å²) in [5.74, 6) is 0.208. The fourth-order valence-corrected chi connectivity index (χ4v) is 1.51. The first-order valence-electron chi connectivity index (χ1n) is 4.51. The molecule has 1 aliphatic heterocycles. The summed E-state index contributed by atoms with van der Waals surface area (Å²) >= 11 is 0. The first kappa shape index (κ1) is 8.23. The number of amides is 1. The van der Waals surface area contributed by atoms with Crippen molar-refractivity contribution >= 4 is 11.6 Å². The smallest absolute Gasteiger partial charge is 0.227 e. The van der Waals surface area contributed by atoms with Crippen LogP contribution in [0.1, 0.15) is 18.9 Å². The van der Waals surface area contributed by atoms with Crippen molar-refractivity contribution in [1.29, 1.82) is 0 Å². The molecule has 1 N–H and O–H groups in total. The number of rotatable bonds is 0. The SMILES string of the molecule is CC1CCc2ccncc2NC1=O. The third-order valence-electron chi connectivity index (χ3n) is 2.46. The molecule has 0 bridgehead atoms. The maximum absolute atomic E-state index is 11.4. The van der Waals surface area contributed by atoms with Crippen LogP contribution in [0.5, 0.6) is 0 Å². The number of carbonyl (C=O) groups excluding carboxylic acids is 1. The van der Waals surface area contributed by atoms with Gasteiger partial charge in [0.05, 0.1) is 11.9 Å². The molecule has 1 aliphatic rings. The highest BCUT2D eigenvalue weighted by atomic mass is 16.1. The van der Waals surface area contributed by atoms with Crippen LogP contribution in [0.3, 0.4) is 0 Å². The van der Waals surface area contributed by atoms with E-state index in [1.165, 1.54) is 5.56 Å². The number of anilines is 1. The number of aryl methyl sites for hydroxylation is 1. The Morgan fingerprint density at radius 1 is 1.62 bits per heavy atom. The largest absolute Gasteiger partial charge is 0.324 e. The maximum atomic E-state index is 11.4. The standard InChI is InChI=1S/C10H12N2O/c1-7-2-3-8-4-5-11-6-9(8)12-10(7)13/h4-7H,2-3H2,1H3,(H,12,13). The molecule has 1 aromatic heterocycles. The number of hydrogen-bond acceptors (Lipinski definition) is 2. The lowest BCUT2D eigenvalue weighted by atomic mass is 10.0. The molecule has 1 unspecified atom stereocenters. The number of pyridine rings is 1. The van der Waals surface area contributed by atoms with E-state index < -0.39 is 0 Å². The van der Waals surface area contributed by atoms with E-state index in [-0.39, 0.29) is 11.8 Å². The maximum Gasteiger partial charge on any atom is 0.227 e. The minimum absolute atomic E-state index is 0.103. The third-order valence-corrected chi connectivity index (χ3v) is 2.46. The van der Waals surface area contributed by atoms with Gasteiger partial charge in [0.1, 0.15) is 0 Å². The van der Waals surface area contributed by atoms with Gasteiger partial charge in [0, 0.05) is 12.1 Å². The molecule has 0 aliphatic carbocycles. The van der Waals surface area contributed by atoms with E-state index in [0.717, 1.165) is 18.5 Å². The van der Waals surface area contributed by atoms with Crippen LogP contribution >= 0.6 is 0 Å². The fourth-order valence-electron chi connectivity index (χ4n) is 1.51. The Morgan fingerprint density at radius 2 is 2.46 bits per heavy atom. The Labute approximate surface area is 77.2 Å². The van der Waals surface area contributed by atoms with Crippen molar-refractivity contribution in [3.8, 4) is 0 Å². The zero-order valence-electron chi connectivity index (χ0n) is 7.58. The summed E-state index contributed by atoms with van der Waals surface area (Å²) in [6.45, 7) is 1.95. The van der Waals surface area contributed by atoms with Gasteiger partial charge >= 0.3 is 0 Å². The quantitative estimate of drug-likeness (QED) is 0.652. The van der Waals surface area contributed by atoms with E-state index in [0.29, 0.717) is 0 Å². The minimum Gasteiger partial charge on any atom is -0.324 e.